The number of thioether (sulfide) groups is 1. The molecule has 0 amide bonds. The molecule has 2 unspecified atom stereocenters. The highest BCUT2D eigenvalue weighted by molar-refractivity contribution is 8.27. The summed E-state index contributed by atoms with van der Waals surface area (Å²) >= 11 is -1.66. The summed E-state index contributed by atoms with van der Waals surface area (Å²) in [5, 5.41) is 15.0. The van der Waals surface area contributed by atoms with Crippen LogP contribution >= 0.6 is 11.8 Å². The van der Waals surface area contributed by atoms with Crippen LogP contribution in [0.2, 0.25) is 0 Å². The molecule has 1 saturated heterocycles. The molecule has 2 radical (unpaired) electrons. The van der Waals surface area contributed by atoms with Gasteiger partial charge >= 0.3 is 0 Å². The molecule has 3 heterocycles. The highest BCUT2D eigenvalue weighted by Gasteiger charge is 2.24. The van der Waals surface area contributed by atoms with Gasteiger partial charge in [-0.15, -0.1) is 0 Å². The number of hydrogen-bond donors (Lipinski definition) is 3. The van der Waals surface area contributed by atoms with Crippen LogP contribution in [0.3, 0.4) is 0 Å². The van der Waals surface area contributed by atoms with Crippen molar-refractivity contribution in [2.45, 2.75) is 29.9 Å². The van der Waals surface area contributed by atoms with E-state index in [1.165, 1.54) is 12.4 Å². The number of ether oxygens (including phenoxy) is 1. The number of nitrogens with zero attached hydrogens (tertiary/aromatic N) is 3. The van der Waals surface area contributed by atoms with Gasteiger partial charge in [-0.3, -0.25) is 19.6 Å². The van der Waals surface area contributed by atoms with Crippen LogP contribution in [0.25, 0.3) is 5.52 Å². The molecular weight excluding hydrogens is 404 g/mol. The van der Waals surface area contributed by atoms with Crippen molar-refractivity contribution in [2.75, 3.05) is 25.1 Å². The van der Waals surface area contributed by atoms with Gasteiger partial charge in [0.1, 0.15) is 36.8 Å². The number of hydrogen-bond acceptors (Lipinski definition) is 7. The number of methoxy groups -OCH3 is 1. The number of anilines is 1. The Kier molecular flexibility index (Phi) is 6.53. The molecular formula is C16H19BFN5O3S2. The number of nitrogens with one attached hydrogen (secondary N) is 2. The third-order valence-corrected chi connectivity index (χ3v) is 6.06. The number of pyridine rings is 1. The molecule has 0 aromatic carbocycles. The number of halogens is 1. The van der Waals surface area contributed by atoms with Crippen molar-refractivity contribution >= 4 is 52.1 Å². The molecule has 2 aromatic heterocycles. The smallest absolute Gasteiger partial charge is 0.186 e. The number of rotatable bonds is 5. The lowest BCUT2D eigenvalue weighted by atomic mass is 10.0. The average molecular weight is 423 g/mol. The predicted molar refractivity (Wildman–Crippen MR) is 109 cm³/mol. The van der Waals surface area contributed by atoms with Crippen LogP contribution < -0.4 is 4.90 Å². The number of imidazole rings is 1. The topological polar surface area (TPSA) is 115 Å². The van der Waals surface area contributed by atoms with Gasteiger partial charge in [-0.25, -0.2) is 9.19 Å². The minimum atomic E-state index is -2.22. The first kappa shape index (κ1) is 21.0. The van der Waals surface area contributed by atoms with Crippen LogP contribution in [-0.4, -0.2) is 68.5 Å². The molecule has 2 aromatic rings. The molecule has 1 aliphatic rings. The Morgan fingerprint density at radius 2 is 2.14 bits per heavy atom. The van der Waals surface area contributed by atoms with Gasteiger partial charge in [0.2, 0.25) is 0 Å². The Labute approximate surface area is 169 Å². The maximum absolute atomic E-state index is 13.1. The molecule has 3 rings (SSSR count). The van der Waals surface area contributed by atoms with E-state index in [1.807, 2.05) is 0 Å². The lowest BCUT2D eigenvalue weighted by Gasteiger charge is -2.33. The van der Waals surface area contributed by atoms with Crippen LogP contribution in [-0.2, 0) is 15.8 Å². The van der Waals surface area contributed by atoms with Gasteiger partial charge in [-0.1, -0.05) is 11.8 Å². The summed E-state index contributed by atoms with van der Waals surface area (Å²) in [6.45, 7) is 1.41. The molecule has 3 N–H and O–H groups in total. The second kappa shape index (κ2) is 8.72. The Hall–Kier alpha value is -1.76. The van der Waals surface area contributed by atoms with E-state index in [4.69, 9.17) is 23.4 Å². The highest BCUT2D eigenvalue weighted by atomic mass is 32.2. The zero-order valence-electron chi connectivity index (χ0n) is 15.1. The molecule has 0 aliphatic carbocycles. The fourth-order valence-electron chi connectivity index (χ4n) is 3.11. The molecule has 1 fully saturated rings. The normalized spacial score (nSPS) is 17.6. The van der Waals surface area contributed by atoms with Crippen molar-refractivity contribution in [1.29, 1.82) is 10.8 Å². The maximum atomic E-state index is 13.1. The summed E-state index contributed by atoms with van der Waals surface area (Å²) < 4.78 is 41.5. The molecule has 2 atom stereocenters. The minimum Gasteiger partial charge on any atom is -0.381 e. The van der Waals surface area contributed by atoms with E-state index in [0.29, 0.717) is 36.2 Å². The third-order valence-electron chi connectivity index (χ3n) is 4.58. The van der Waals surface area contributed by atoms with Crippen LogP contribution in [0, 0.1) is 10.8 Å². The second-order valence-corrected chi connectivity index (χ2v) is 8.29. The Morgan fingerprint density at radius 1 is 1.46 bits per heavy atom. The lowest BCUT2D eigenvalue weighted by Crippen LogP contribution is -2.37. The standard InChI is InChI=1S/C16H19BFN5O3S2/c1-26-9-2-4-22(5-3-9)12-7-10(28(24)25)6-11-13(21-8-23(11)12)15(19)27-16(20)14(17)18/h6-9,14,19-20H,2-5H2,1H3,(H,24,25). The average Bonchev–Trinajstić information content (AvgIpc) is 3.11. The molecule has 0 bridgehead atoms. The number of fused-ring (bicyclic) bond motifs is 1. The molecule has 8 nitrogen and oxygen atoms in total. The largest absolute Gasteiger partial charge is 0.381 e. The van der Waals surface area contributed by atoms with Gasteiger partial charge in [0.05, 0.1) is 21.6 Å². The summed E-state index contributed by atoms with van der Waals surface area (Å²) in [4.78, 5) is 6.46. The molecule has 148 valence electrons. The summed E-state index contributed by atoms with van der Waals surface area (Å²) in [7, 11) is 6.71. The first-order valence-electron chi connectivity index (χ1n) is 8.46. The third kappa shape index (κ3) is 4.29. The van der Waals surface area contributed by atoms with E-state index >= 15 is 0 Å². The number of piperidine rings is 1. The summed E-state index contributed by atoms with van der Waals surface area (Å²) in [6.07, 6.45) is 1.37. The Balaban J connectivity index is 2.01. The molecule has 0 saturated carbocycles. The monoisotopic (exact) mass is 423 g/mol. The van der Waals surface area contributed by atoms with Crippen molar-refractivity contribution < 1.29 is 17.9 Å². The van der Waals surface area contributed by atoms with Crippen molar-refractivity contribution in [3.8, 4) is 0 Å². The molecule has 0 spiro atoms. The Bertz CT molecular complexity index is 930. The quantitative estimate of drug-likeness (QED) is 0.294. The lowest BCUT2D eigenvalue weighted by molar-refractivity contribution is 0.0817. The van der Waals surface area contributed by atoms with E-state index in [1.54, 1.807) is 17.6 Å². The van der Waals surface area contributed by atoms with E-state index in [-0.39, 0.29) is 21.7 Å². The maximum Gasteiger partial charge on any atom is 0.186 e. The van der Waals surface area contributed by atoms with Gasteiger partial charge in [0.15, 0.2) is 11.1 Å². The predicted octanol–water partition coefficient (Wildman–Crippen LogP) is 2.03. The second-order valence-electron chi connectivity index (χ2n) is 6.27. The van der Waals surface area contributed by atoms with Gasteiger partial charge in [0, 0.05) is 20.2 Å². The van der Waals surface area contributed by atoms with E-state index in [9.17, 15) is 13.2 Å². The van der Waals surface area contributed by atoms with Crippen molar-refractivity contribution in [3.63, 3.8) is 0 Å². The van der Waals surface area contributed by atoms with E-state index in [0.717, 1.165) is 12.8 Å². The fourth-order valence-corrected chi connectivity index (χ4v) is 4.11. The van der Waals surface area contributed by atoms with Crippen LogP contribution in [0.4, 0.5) is 10.2 Å². The van der Waals surface area contributed by atoms with E-state index in [2.05, 4.69) is 9.88 Å². The molecule has 1 aliphatic heterocycles. The molecule has 28 heavy (non-hydrogen) atoms. The minimum absolute atomic E-state index is 0.162. The number of aromatic nitrogens is 2. The highest BCUT2D eigenvalue weighted by Crippen LogP contribution is 2.28. The van der Waals surface area contributed by atoms with E-state index < -0.39 is 22.2 Å². The summed E-state index contributed by atoms with van der Waals surface area (Å²) in [5.41, 5.74) is 0.622. The van der Waals surface area contributed by atoms with Gasteiger partial charge in [-0.05, 0) is 25.0 Å². The van der Waals surface area contributed by atoms with Crippen LogP contribution in [0.5, 0.6) is 0 Å². The van der Waals surface area contributed by atoms with Crippen molar-refractivity contribution in [1.82, 2.24) is 9.38 Å². The SMILES string of the molecule is [B]C(F)C(=N)SC(=N)c1ncn2c(N3CCC(OC)CC3)cc(S(=O)O)cc12. The Morgan fingerprint density at radius 3 is 2.71 bits per heavy atom. The summed E-state index contributed by atoms with van der Waals surface area (Å²) in [5.74, 6) is 0.679. The molecule has 12 heteroatoms. The zero-order valence-corrected chi connectivity index (χ0v) is 16.7. The fraction of sp³-hybridized carbons (Fsp3) is 0.438. The number of alkyl halides is 1. The summed E-state index contributed by atoms with van der Waals surface area (Å²) in [6, 6.07) is 3.09. The van der Waals surface area contributed by atoms with Crippen LogP contribution in [0.1, 0.15) is 18.5 Å². The van der Waals surface area contributed by atoms with Gasteiger partial charge in [-0.2, -0.15) is 0 Å². The van der Waals surface area contributed by atoms with Crippen molar-refractivity contribution in [3.05, 3.63) is 24.2 Å². The van der Waals surface area contributed by atoms with Gasteiger partial charge < -0.3 is 14.2 Å². The first-order chi connectivity index (χ1) is 13.3. The van der Waals surface area contributed by atoms with Gasteiger partial charge in [0.25, 0.3) is 0 Å². The van der Waals surface area contributed by atoms with Crippen molar-refractivity contribution in [2.24, 2.45) is 0 Å². The first-order valence-corrected chi connectivity index (χ1v) is 10.4. The van der Waals surface area contributed by atoms with Crippen LogP contribution in [0.15, 0.2) is 23.4 Å². The zero-order chi connectivity index (χ0) is 20.4.